The Kier molecular flexibility index (Phi) is 3.62. The van der Waals surface area contributed by atoms with Crippen molar-refractivity contribution in [2.24, 2.45) is 0 Å². The maximum atomic E-state index is 13.2. The third-order valence-corrected chi connectivity index (χ3v) is 4.46. The molecule has 0 aliphatic heterocycles. The number of rotatable bonds is 2. The highest BCUT2D eigenvalue weighted by Crippen LogP contribution is 2.36. The molecule has 102 valence electrons. The van der Waals surface area contributed by atoms with Crippen LogP contribution in [0.1, 0.15) is 0 Å². The summed E-state index contributed by atoms with van der Waals surface area (Å²) in [6.45, 7) is 0. The fourth-order valence-electron chi connectivity index (χ4n) is 1.72. The monoisotopic (exact) mass is 374 g/mol. The van der Waals surface area contributed by atoms with Crippen molar-refractivity contribution in [2.75, 3.05) is 5.32 Å². The van der Waals surface area contributed by atoms with E-state index in [1.165, 1.54) is 35.6 Å². The zero-order valence-electron chi connectivity index (χ0n) is 9.75. The lowest BCUT2D eigenvalue weighted by atomic mass is 10.3. The first kappa shape index (κ1) is 13.7. The molecular weight excluding hydrogens is 370 g/mol. The Bertz CT molecular complexity index is 783. The summed E-state index contributed by atoms with van der Waals surface area (Å²) in [6.07, 6.45) is 0. The predicted octanol–water partition coefficient (Wildman–Crippen LogP) is 5.73. The highest BCUT2D eigenvalue weighted by molar-refractivity contribution is 9.10. The molecule has 3 aromatic rings. The van der Waals surface area contributed by atoms with Gasteiger partial charge in [-0.15, -0.1) is 0 Å². The lowest BCUT2D eigenvalue weighted by molar-refractivity contribution is 0.627. The number of halogens is 4. The van der Waals surface area contributed by atoms with E-state index in [9.17, 15) is 8.78 Å². The van der Waals surface area contributed by atoms with Crippen LogP contribution < -0.4 is 5.32 Å². The average Bonchev–Trinajstić information content (AvgIpc) is 2.75. The lowest BCUT2D eigenvalue weighted by Gasteiger charge is -2.07. The van der Waals surface area contributed by atoms with Crippen molar-refractivity contribution < 1.29 is 8.78 Å². The Morgan fingerprint density at radius 3 is 2.70 bits per heavy atom. The largest absolute Gasteiger partial charge is 0.329 e. The van der Waals surface area contributed by atoms with Crippen LogP contribution in [0.4, 0.5) is 19.6 Å². The van der Waals surface area contributed by atoms with E-state index in [-0.39, 0.29) is 10.8 Å². The third-order valence-electron chi connectivity index (χ3n) is 2.59. The number of benzene rings is 2. The first-order valence-corrected chi connectivity index (χ1v) is 7.49. The molecular formula is C13H6BrClF2N2S. The van der Waals surface area contributed by atoms with Crippen molar-refractivity contribution >= 4 is 59.9 Å². The predicted molar refractivity (Wildman–Crippen MR) is 82.0 cm³/mol. The molecule has 0 saturated carbocycles. The van der Waals surface area contributed by atoms with Crippen LogP contribution in [-0.2, 0) is 0 Å². The first-order valence-electron chi connectivity index (χ1n) is 5.50. The van der Waals surface area contributed by atoms with Crippen LogP contribution in [0.2, 0.25) is 5.02 Å². The summed E-state index contributed by atoms with van der Waals surface area (Å²) in [5, 5.41) is 3.81. The number of nitrogens with one attached hydrogen (secondary N) is 1. The smallest absolute Gasteiger partial charge is 0.188 e. The van der Waals surface area contributed by atoms with Gasteiger partial charge in [0.15, 0.2) is 5.13 Å². The molecule has 3 rings (SSSR count). The van der Waals surface area contributed by atoms with Crippen molar-refractivity contribution in [3.8, 4) is 0 Å². The molecule has 1 aromatic heterocycles. The Hall–Kier alpha value is -1.24. The van der Waals surface area contributed by atoms with Gasteiger partial charge < -0.3 is 5.32 Å². The van der Waals surface area contributed by atoms with Crippen LogP contribution in [0.3, 0.4) is 0 Å². The van der Waals surface area contributed by atoms with E-state index in [1.54, 1.807) is 6.07 Å². The van der Waals surface area contributed by atoms with Crippen molar-refractivity contribution in [2.45, 2.75) is 0 Å². The zero-order valence-corrected chi connectivity index (χ0v) is 12.9. The SMILES string of the molecule is Fc1cc(Cl)c(Nc2nc3cc(F)ccc3s2)c(Br)c1. The molecule has 0 bridgehead atoms. The van der Waals surface area contributed by atoms with Gasteiger partial charge in [0.2, 0.25) is 0 Å². The first-order chi connectivity index (χ1) is 9.52. The second-order valence-corrected chi connectivity index (χ2v) is 6.29. The molecule has 0 atom stereocenters. The van der Waals surface area contributed by atoms with Gasteiger partial charge in [-0.1, -0.05) is 22.9 Å². The summed E-state index contributed by atoms with van der Waals surface area (Å²) in [4.78, 5) is 4.27. The van der Waals surface area contributed by atoms with Crippen molar-refractivity contribution in [1.29, 1.82) is 0 Å². The Morgan fingerprint density at radius 1 is 1.15 bits per heavy atom. The molecule has 20 heavy (non-hydrogen) atoms. The standard InChI is InChI=1S/C13H6BrClF2N2S/c14-8-3-7(17)4-9(15)12(8)19-13-18-10-5-6(16)1-2-11(10)20-13/h1-5H,(H,18,19). The van der Waals surface area contributed by atoms with Gasteiger partial charge in [-0.2, -0.15) is 0 Å². The minimum atomic E-state index is -0.432. The molecule has 0 fully saturated rings. The fraction of sp³-hybridized carbons (Fsp3) is 0. The Labute approximate surface area is 130 Å². The Balaban J connectivity index is 2.01. The minimum absolute atomic E-state index is 0.238. The molecule has 2 nitrogen and oxygen atoms in total. The number of aromatic nitrogens is 1. The molecule has 7 heteroatoms. The third kappa shape index (κ3) is 2.63. The summed E-state index contributed by atoms with van der Waals surface area (Å²) < 4.78 is 27.6. The van der Waals surface area contributed by atoms with Crippen LogP contribution in [-0.4, -0.2) is 4.98 Å². The quantitative estimate of drug-likeness (QED) is 0.618. The summed E-state index contributed by atoms with van der Waals surface area (Å²) in [5.41, 5.74) is 1.08. The van der Waals surface area contributed by atoms with Crippen LogP contribution >= 0.6 is 38.9 Å². The molecule has 1 heterocycles. The van der Waals surface area contributed by atoms with Crippen molar-refractivity contribution in [1.82, 2.24) is 4.98 Å². The van der Waals surface area contributed by atoms with Gasteiger partial charge in [0.25, 0.3) is 0 Å². The molecule has 0 aliphatic carbocycles. The summed E-state index contributed by atoms with van der Waals surface area (Å²) >= 11 is 10.6. The van der Waals surface area contributed by atoms with Gasteiger partial charge in [-0.25, -0.2) is 13.8 Å². The molecule has 0 aliphatic rings. The van der Waals surface area contributed by atoms with E-state index in [2.05, 4.69) is 26.2 Å². The second kappa shape index (κ2) is 5.27. The van der Waals surface area contributed by atoms with E-state index < -0.39 is 5.82 Å². The molecule has 1 N–H and O–H groups in total. The van der Waals surface area contributed by atoms with Crippen LogP contribution in [0, 0.1) is 11.6 Å². The number of thiazole rings is 1. The topological polar surface area (TPSA) is 24.9 Å². The highest BCUT2D eigenvalue weighted by atomic mass is 79.9. The number of fused-ring (bicyclic) bond motifs is 1. The minimum Gasteiger partial charge on any atom is -0.329 e. The molecule has 0 radical (unpaired) electrons. The highest BCUT2D eigenvalue weighted by Gasteiger charge is 2.11. The van der Waals surface area contributed by atoms with Gasteiger partial charge in [0.05, 0.1) is 20.9 Å². The fourth-order valence-corrected chi connectivity index (χ4v) is 3.47. The lowest BCUT2D eigenvalue weighted by Crippen LogP contribution is -1.92. The Morgan fingerprint density at radius 2 is 1.95 bits per heavy atom. The molecule has 0 spiro atoms. The second-order valence-electron chi connectivity index (χ2n) is 4.00. The molecule has 0 amide bonds. The van der Waals surface area contributed by atoms with E-state index in [1.807, 2.05) is 0 Å². The number of nitrogens with zero attached hydrogens (tertiary/aromatic N) is 1. The normalized spacial score (nSPS) is 11.0. The molecule has 0 saturated heterocycles. The van der Waals surface area contributed by atoms with Crippen molar-refractivity contribution in [3.05, 3.63) is 51.5 Å². The van der Waals surface area contributed by atoms with Crippen LogP contribution in [0.5, 0.6) is 0 Å². The van der Waals surface area contributed by atoms with Crippen LogP contribution in [0.15, 0.2) is 34.8 Å². The van der Waals surface area contributed by atoms with Gasteiger partial charge in [-0.05, 0) is 40.2 Å². The molecule has 2 aromatic carbocycles. The summed E-state index contributed by atoms with van der Waals surface area (Å²) in [7, 11) is 0. The number of anilines is 2. The van der Waals surface area contributed by atoms with Crippen molar-refractivity contribution in [3.63, 3.8) is 0 Å². The average molecular weight is 376 g/mol. The van der Waals surface area contributed by atoms with E-state index in [4.69, 9.17) is 11.6 Å². The van der Waals surface area contributed by atoms with Gasteiger partial charge in [0.1, 0.15) is 11.6 Å². The van der Waals surface area contributed by atoms with E-state index in [0.717, 1.165) is 4.70 Å². The van der Waals surface area contributed by atoms with E-state index >= 15 is 0 Å². The van der Waals surface area contributed by atoms with Crippen LogP contribution in [0.25, 0.3) is 10.2 Å². The molecule has 0 unspecified atom stereocenters. The number of hydrogen-bond acceptors (Lipinski definition) is 3. The van der Waals surface area contributed by atoms with Gasteiger partial charge >= 0.3 is 0 Å². The number of hydrogen-bond donors (Lipinski definition) is 1. The zero-order chi connectivity index (χ0) is 14.3. The summed E-state index contributed by atoms with van der Waals surface area (Å²) in [5.74, 6) is -0.769. The summed E-state index contributed by atoms with van der Waals surface area (Å²) in [6, 6.07) is 6.92. The van der Waals surface area contributed by atoms with Gasteiger partial charge in [-0.3, -0.25) is 0 Å². The van der Waals surface area contributed by atoms with Gasteiger partial charge in [0, 0.05) is 10.5 Å². The maximum absolute atomic E-state index is 13.2. The van der Waals surface area contributed by atoms with E-state index in [0.29, 0.717) is 20.8 Å². The maximum Gasteiger partial charge on any atom is 0.188 e.